The molecule has 0 amide bonds. The highest BCUT2D eigenvalue weighted by molar-refractivity contribution is 5.26. The summed E-state index contributed by atoms with van der Waals surface area (Å²) in [6.07, 6.45) is 2.84. The van der Waals surface area contributed by atoms with Crippen molar-refractivity contribution in [1.82, 2.24) is 10.3 Å². The van der Waals surface area contributed by atoms with Crippen LogP contribution in [-0.2, 0) is 5.54 Å². The normalized spacial score (nSPS) is 27.8. The Kier molecular flexibility index (Phi) is 2.06. The van der Waals surface area contributed by atoms with Crippen LogP contribution in [0.4, 0.5) is 0 Å². The first-order chi connectivity index (χ1) is 6.21. The average molecular weight is 177 g/mol. The van der Waals surface area contributed by atoms with Gasteiger partial charge in [0.2, 0.25) is 0 Å². The number of hydrogen-bond acceptors (Lipinski definition) is 3. The predicted molar refractivity (Wildman–Crippen MR) is 52.3 cm³/mol. The van der Waals surface area contributed by atoms with Crippen LogP contribution in [-0.4, -0.2) is 18.1 Å². The van der Waals surface area contributed by atoms with Crippen molar-refractivity contribution in [1.29, 1.82) is 0 Å². The highest BCUT2D eigenvalue weighted by atomic mass is 15.0. The second-order valence-corrected chi connectivity index (χ2v) is 3.77. The standard InChI is InChI=1S/C10H15N3/c1-8-6-9(2-4-13-8)10(11)3-5-12-7-10/h2,4,6,12H,3,5,7,11H2,1H3. The summed E-state index contributed by atoms with van der Waals surface area (Å²) in [5.41, 5.74) is 8.32. The van der Waals surface area contributed by atoms with Gasteiger partial charge in [-0.05, 0) is 37.6 Å². The molecule has 1 aromatic heterocycles. The minimum atomic E-state index is -0.173. The second-order valence-electron chi connectivity index (χ2n) is 3.77. The molecule has 1 unspecified atom stereocenters. The summed E-state index contributed by atoms with van der Waals surface area (Å²) in [4.78, 5) is 4.17. The molecule has 3 N–H and O–H groups in total. The van der Waals surface area contributed by atoms with Crippen LogP contribution in [0.2, 0.25) is 0 Å². The maximum absolute atomic E-state index is 6.26. The predicted octanol–water partition coefficient (Wildman–Crippen LogP) is 0.537. The van der Waals surface area contributed by atoms with E-state index in [1.165, 1.54) is 5.56 Å². The molecule has 2 heterocycles. The zero-order chi connectivity index (χ0) is 9.31. The summed E-state index contributed by atoms with van der Waals surface area (Å²) in [7, 11) is 0. The lowest BCUT2D eigenvalue weighted by Gasteiger charge is -2.23. The van der Waals surface area contributed by atoms with E-state index in [9.17, 15) is 0 Å². The van der Waals surface area contributed by atoms with Crippen LogP contribution in [0.5, 0.6) is 0 Å². The fourth-order valence-electron chi connectivity index (χ4n) is 1.81. The summed E-state index contributed by atoms with van der Waals surface area (Å²) in [6.45, 7) is 3.88. The number of aromatic nitrogens is 1. The van der Waals surface area contributed by atoms with Crippen molar-refractivity contribution in [3.63, 3.8) is 0 Å². The molecule has 1 fully saturated rings. The fourth-order valence-corrected chi connectivity index (χ4v) is 1.81. The first-order valence-corrected chi connectivity index (χ1v) is 4.63. The van der Waals surface area contributed by atoms with Crippen molar-refractivity contribution in [2.75, 3.05) is 13.1 Å². The van der Waals surface area contributed by atoms with Crippen LogP contribution >= 0.6 is 0 Å². The Morgan fingerprint density at radius 3 is 3.08 bits per heavy atom. The van der Waals surface area contributed by atoms with Crippen LogP contribution < -0.4 is 11.1 Å². The summed E-state index contributed by atoms with van der Waals surface area (Å²) < 4.78 is 0. The van der Waals surface area contributed by atoms with Crippen LogP contribution in [0.1, 0.15) is 17.7 Å². The van der Waals surface area contributed by atoms with E-state index in [1.54, 1.807) is 0 Å². The first-order valence-electron chi connectivity index (χ1n) is 4.63. The topological polar surface area (TPSA) is 50.9 Å². The van der Waals surface area contributed by atoms with Gasteiger partial charge in [-0.3, -0.25) is 4.98 Å². The summed E-state index contributed by atoms with van der Waals surface area (Å²) in [5.74, 6) is 0. The Morgan fingerprint density at radius 2 is 2.46 bits per heavy atom. The number of nitrogens with one attached hydrogen (secondary N) is 1. The van der Waals surface area contributed by atoms with Gasteiger partial charge in [0.1, 0.15) is 0 Å². The number of nitrogens with two attached hydrogens (primary N) is 1. The number of pyridine rings is 1. The molecule has 1 saturated heterocycles. The largest absolute Gasteiger partial charge is 0.320 e. The van der Waals surface area contributed by atoms with E-state index in [2.05, 4.69) is 16.4 Å². The number of nitrogens with zero attached hydrogens (tertiary/aromatic N) is 1. The van der Waals surface area contributed by atoms with E-state index < -0.39 is 0 Å². The van der Waals surface area contributed by atoms with Crippen LogP contribution in [0, 0.1) is 6.92 Å². The van der Waals surface area contributed by atoms with Crippen molar-refractivity contribution >= 4 is 0 Å². The zero-order valence-electron chi connectivity index (χ0n) is 7.88. The van der Waals surface area contributed by atoms with Gasteiger partial charge in [-0.15, -0.1) is 0 Å². The Labute approximate surface area is 78.4 Å². The maximum atomic E-state index is 6.26. The molecule has 0 bridgehead atoms. The molecule has 13 heavy (non-hydrogen) atoms. The Bertz CT molecular complexity index is 303. The van der Waals surface area contributed by atoms with Crippen LogP contribution in [0.25, 0.3) is 0 Å². The van der Waals surface area contributed by atoms with Crippen LogP contribution in [0.3, 0.4) is 0 Å². The second kappa shape index (κ2) is 3.09. The van der Waals surface area contributed by atoms with Gasteiger partial charge in [0, 0.05) is 18.4 Å². The van der Waals surface area contributed by atoms with Crippen molar-refractivity contribution in [2.45, 2.75) is 18.9 Å². The molecular formula is C10H15N3. The smallest absolute Gasteiger partial charge is 0.0549 e. The third kappa shape index (κ3) is 1.57. The van der Waals surface area contributed by atoms with E-state index in [-0.39, 0.29) is 5.54 Å². The molecule has 3 nitrogen and oxygen atoms in total. The molecule has 0 aliphatic carbocycles. The van der Waals surface area contributed by atoms with Gasteiger partial charge in [-0.25, -0.2) is 0 Å². The molecular weight excluding hydrogens is 162 g/mol. The minimum absolute atomic E-state index is 0.173. The van der Waals surface area contributed by atoms with Gasteiger partial charge in [-0.2, -0.15) is 0 Å². The molecule has 1 aliphatic rings. The highest BCUT2D eigenvalue weighted by Crippen LogP contribution is 2.24. The van der Waals surface area contributed by atoms with E-state index >= 15 is 0 Å². The fraction of sp³-hybridized carbons (Fsp3) is 0.500. The van der Waals surface area contributed by atoms with Gasteiger partial charge in [-0.1, -0.05) is 0 Å². The number of rotatable bonds is 1. The molecule has 1 aliphatic heterocycles. The molecule has 1 aromatic rings. The number of hydrogen-bond donors (Lipinski definition) is 2. The minimum Gasteiger partial charge on any atom is -0.320 e. The molecule has 70 valence electrons. The Morgan fingerprint density at radius 1 is 1.62 bits per heavy atom. The summed E-state index contributed by atoms with van der Waals surface area (Å²) >= 11 is 0. The molecule has 0 radical (unpaired) electrons. The van der Waals surface area contributed by atoms with Gasteiger partial charge >= 0.3 is 0 Å². The molecule has 2 rings (SSSR count). The molecule has 0 saturated carbocycles. The quantitative estimate of drug-likeness (QED) is 0.658. The SMILES string of the molecule is Cc1cc(C2(N)CCNC2)ccn1. The van der Waals surface area contributed by atoms with Crippen molar-refractivity contribution < 1.29 is 0 Å². The molecule has 0 aromatic carbocycles. The number of aryl methyl sites for hydroxylation is 1. The Balaban J connectivity index is 2.33. The van der Waals surface area contributed by atoms with Gasteiger partial charge in [0.15, 0.2) is 0 Å². The van der Waals surface area contributed by atoms with Crippen molar-refractivity contribution in [3.8, 4) is 0 Å². The van der Waals surface area contributed by atoms with Crippen LogP contribution in [0.15, 0.2) is 18.3 Å². The third-order valence-electron chi connectivity index (χ3n) is 2.66. The molecule has 1 atom stereocenters. The Hall–Kier alpha value is -0.930. The maximum Gasteiger partial charge on any atom is 0.0549 e. The summed E-state index contributed by atoms with van der Waals surface area (Å²) in [6, 6.07) is 4.09. The van der Waals surface area contributed by atoms with E-state index in [0.717, 1.165) is 25.2 Å². The van der Waals surface area contributed by atoms with Gasteiger partial charge in [0.25, 0.3) is 0 Å². The lowest BCUT2D eigenvalue weighted by Crippen LogP contribution is -2.38. The molecule has 0 spiro atoms. The van der Waals surface area contributed by atoms with Gasteiger partial charge < -0.3 is 11.1 Å². The lowest BCUT2D eigenvalue weighted by molar-refractivity contribution is 0.493. The third-order valence-corrected chi connectivity index (χ3v) is 2.66. The van der Waals surface area contributed by atoms with E-state index in [4.69, 9.17) is 5.73 Å². The lowest BCUT2D eigenvalue weighted by atomic mass is 9.91. The monoisotopic (exact) mass is 177 g/mol. The van der Waals surface area contributed by atoms with E-state index in [1.807, 2.05) is 19.2 Å². The molecule has 3 heteroatoms. The van der Waals surface area contributed by atoms with Crippen molar-refractivity contribution in [3.05, 3.63) is 29.6 Å². The van der Waals surface area contributed by atoms with Crippen molar-refractivity contribution in [2.24, 2.45) is 5.73 Å². The first kappa shape index (κ1) is 8.66. The van der Waals surface area contributed by atoms with E-state index in [0.29, 0.717) is 0 Å². The van der Waals surface area contributed by atoms with Gasteiger partial charge in [0.05, 0.1) is 5.54 Å². The average Bonchev–Trinajstić information content (AvgIpc) is 2.54. The zero-order valence-corrected chi connectivity index (χ0v) is 7.88. The highest BCUT2D eigenvalue weighted by Gasteiger charge is 2.30. The summed E-state index contributed by atoms with van der Waals surface area (Å²) in [5, 5.41) is 3.29.